The van der Waals surface area contributed by atoms with E-state index in [1.54, 1.807) is 38.2 Å². The number of nitrogens with zero attached hydrogens (tertiary/aromatic N) is 2. The van der Waals surface area contributed by atoms with Gasteiger partial charge in [-0.25, -0.2) is 4.98 Å². The number of rotatable bonds is 7. The number of pyridine rings is 1. The minimum absolute atomic E-state index is 0.0457. The number of aromatic nitrogens is 1. The summed E-state index contributed by atoms with van der Waals surface area (Å²) in [6.07, 6.45) is 7.09. The van der Waals surface area contributed by atoms with Crippen LogP contribution < -0.4 is 20.3 Å². The van der Waals surface area contributed by atoms with E-state index >= 15 is 0 Å². The van der Waals surface area contributed by atoms with E-state index in [1.807, 2.05) is 12.1 Å². The van der Waals surface area contributed by atoms with E-state index in [9.17, 15) is 9.59 Å². The molecule has 4 heterocycles. The third-order valence-corrected chi connectivity index (χ3v) is 8.24. The van der Waals surface area contributed by atoms with Crippen LogP contribution >= 0.6 is 23.2 Å². The summed E-state index contributed by atoms with van der Waals surface area (Å²) < 4.78 is 11.3. The average Bonchev–Trinajstić information content (AvgIpc) is 3.16. The number of fused-ring (bicyclic) bond motifs is 2. The predicted molar refractivity (Wildman–Crippen MR) is 147 cm³/mol. The molecule has 10 heteroatoms. The zero-order valence-electron chi connectivity index (χ0n) is 21.7. The third-order valence-electron chi connectivity index (χ3n) is 7.71. The number of benzene rings is 1. The molecule has 0 aliphatic carbocycles. The molecule has 2 atom stereocenters. The lowest BCUT2D eigenvalue weighted by atomic mass is 9.96. The highest BCUT2D eigenvalue weighted by Gasteiger charge is 2.43. The van der Waals surface area contributed by atoms with Crippen molar-refractivity contribution in [3.05, 3.63) is 52.1 Å². The summed E-state index contributed by atoms with van der Waals surface area (Å²) in [6, 6.07) is 9.51. The maximum Gasteiger partial charge on any atom is 0.263 e. The Morgan fingerprint density at radius 3 is 2.34 bits per heavy atom. The molecular formula is C28H34Cl2N4O4. The molecule has 0 spiro atoms. The van der Waals surface area contributed by atoms with Crippen molar-refractivity contribution in [2.45, 2.75) is 82.1 Å². The number of hydrogen-bond acceptors (Lipinski definition) is 6. The molecular weight excluding hydrogens is 527 g/mol. The number of carbonyl (C=O) groups is 2. The molecule has 3 aliphatic rings. The van der Waals surface area contributed by atoms with E-state index in [4.69, 9.17) is 32.7 Å². The van der Waals surface area contributed by atoms with Gasteiger partial charge in [0.05, 0.1) is 10.6 Å². The number of amides is 2. The van der Waals surface area contributed by atoms with E-state index in [0.717, 1.165) is 44.3 Å². The molecule has 8 nitrogen and oxygen atoms in total. The van der Waals surface area contributed by atoms with Crippen LogP contribution in [-0.2, 0) is 9.53 Å². The second-order valence-corrected chi connectivity index (χ2v) is 11.7. The molecule has 3 aliphatic heterocycles. The van der Waals surface area contributed by atoms with Crippen molar-refractivity contribution in [1.82, 2.24) is 15.6 Å². The third kappa shape index (κ3) is 6.03. The molecule has 2 unspecified atom stereocenters. The molecule has 2 aromatic rings. The first-order valence-corrected chi connectivity index (χ1v) is 14.0. The Hall–Kier alpha value is -2.55. The first-order chi connectivity index (χ1) is 18.2. The first kappa shape index (κ1) is 27.0. The summed E-state index contributed by atoms with van der Waals surface area (Å²) in [4.78, 5) is 32.8. The van der Waals surface area contributed by atoms with Gasteiger partial charge in [0, 0.05) is 48.6 Å². The smallest absolute Gasteiger partial charge is 0.263 e. The van der Waals surface area contributed by atoms with Gasteiger partial charge in [0.2, 0.25) is 0 Å². The zero-order valence-corrected chi connectivity index (χ0v) is 23.2. The fraction of sp³-hybridized carbons (Fsp3) is 0.536. The van der Waals surface area contributed by atoms with Gasteiger partial charge in [-0.1, -0.05) is 23.2 Å². The first-order valence-electron chi connectivity index (χ1n) is 13.3. The van der Waals surface area contributed by atoms with Crippen LogP contribution in [0.2, 0.25) is 10.0 Å². The average molecular weight is 562 g/mol. The standard InChI is InChI=1S/C28H34Cl2N4O4/c1-28(2,38-24-7-4-18(29)13-23(24)30)27(36)33-20-14-21-5-6-22(15-20)34(21)25-8-3-17(16-31-25)26(35)32-19-9-11-37-12-10-19/h3-4,7-8,13,16,19-22H,5-6,9-12,14-15H2,1-2H3,(H,32,35)(H,33,36). The van der Waals surface area contributed by atoms with Gasteiger partial charge in [-0.2, -0.15) is 0 Å². The number of piperidine rings is 1. The second kappa shape index (κ2) is 11.3. The molecule has 38 heavy (non-hydrogen) atoms. The Bertz CT molecular complexity index is 1160. The SMILES string of the molecule is CC(C)(Oc1ccc(Cl)cc1Cl)C(=O)NC1CC2CCC(C1)N2c1ccc(C(=O)NC2CCOCC2)cn1. The molecule has 2 N–H and O–H groups in total. The van der Waals surface area contributed by atoms with Gasteiger partial charge in [-0.3, -0.25) is 9.59 Å². The van der Waals surface area contributed by atoms with E-state index in [1.165, 1.54) is 0 Å². The summed E-state index contributed by atoms with van der Waals surface area (Å²) in [6.45, 7) is 4.84. The Kier molecular flexibility index (Phi) is 8.03. The molecule has 3 saturated heterocycles. The number of hydrogen-bond donors (Lipinski definition) is 2. The predicted octanol–water partition coefficient (Wildman–Crippen LogP) is 4.77. The summed E-state index contributed by atoms with van der Waals surface area (Å²) in [5.74, 6) is 1.03. The minimum Gasteiger partial charge on any atom is -0.476 e. The van der Waals surface area contributed by atoms with Crippen molar-refractivity contribution in [1.29, 1.82) is 0 Å². The maximum atomic E-state index is 13.2. The Labute approximate surface area is 233 Å². The van der Waals surface area contributed by atoms with Gasteiger partial charge in [0.1, 0.15) is 11.6 Å². The van der Waals surface area contributed by atoms with Crippen molar-refractivity contribution in [2.24, 2.45) is 0 Å². The van der Waals surface area contributed by atoms with Gasteiger partial charge in [0.15, 0.2) is 5.60 Å². The Morgan fingerprint density at radius 1 is 1.00 bits per heavy atom. The van der Waals surface area contributed by atoms with Crippen molar-refractivity contribution in [2.75, 3.05) is 18.1 Å². The van der Waals surface area contributed by atoms with Crippen LogP contribution in [0.3, 0.4) is 0 Å². The molecule has 1 aromatic carbocycles. The lowest BCUT2D eigenvalue weighted by Gasteiger charge is -2.40. The van der Waals surface area contributed by atoms with Crippen LogP contribution in [0.4, 0.5) is 5.82 Å². The highest BCUT2D eigenvalue weighted by Crippen LogP contribution is 2.39. The van der Waals surface area contributed by atoms with Crippen LogP contribution in [0.15, 0.2) is 36.5 Å². The second-order valence-electron chi connectivity index (χ2n) is 10.9. The van der Waals surface area contributed by atoms with Crippen LogP contribution in [0.1, 0.15) is 62.7 Å². The summed E-state index contributed by atoms with van der Waals surface area (Å²) in [7, 11) is 0. The number of ether oxygens (including phenoxy) is 2. The number of anilines is 1. The molecule has 3 fully saturated rings. The Morgan fingerprint density at radius 2 is 1.71 bits per heavy atom. The molecule has 2 bridgehead atoms. The molecule has 0 saturated carbocycles. The van der Waals surface area contributed by atoms with E-state index in [2.05, 4.69) is 20.5 Å². The Balaban J connectivity index is 1.17. The summed E-state index contributed by atoms with van der Waals surface area (Å²) in [5, 5.41) is 7.16. The monoisotopic (exact) mass is 560 g/mol. The quantitative estimate of drug-likeness (QED) is 0.506. The lowest BCUT2D eigenvalue weighted by Crippen LogP contribution is -2.55. The zero-order chi connectivity index (χ0) is 26.9. The van der Waals surface area contributed by atoms with E-state index < -0.39 is 5.60 Å². The fourth-order valence-electron chi connectivity index (χ4n) is 5.69. The molecule has 1 aromatic heterocycles. The fourth-order valence-corrected chi connectivity index (χ4v) is 6.14. The number of halogens is 2. The van der Waals surface area contributed by atoms with E-state index in [-0.39, 0.29) is 36.0 Å². The summed E-state index contributed by atoms with van der Waals surface area (Å²) >= 11 is 12.2. The normalized spacial score (nSPS) is 23.7. The molecule has 204 valence electrons. The van der Waals surface area contributed by atoms with Crippen LogP contribution in [0.25, 0.3) is 0 Å². The molecule has 0 radical (unpaired) electrons. The summed E-state index contributed by atoms with van der Waals surface area (Å²) in [5.41, 5.74) is -0.534. The maximum absolute atomic E-state index is 13.2. The highest BCUT2D eigenvalue weighted by molar-refractivity contribution is 6.35. The molecule has 5 rings (SSSR count). The van der Waals surface area contributed by atoms with E-state index in [0.29, 0.717) is 34.6 Å². The van der Waals surface area contributed by atoms with Crippen LogP contribution in [0, 0.1) is 0 Å². The van der Waals surface area contributed by atoms with Gasteiger partial charge < -0.3 is 25.0 Å². The minimum atomic E-state index is -1.10. The molecule has 2 amide bonds. The van der Waals surface area contributed by atoms with Gasteiger partial charge in [-0.15, -0.1) is 0 Å². The highest BCUT2D eigenvalue weighted by atomic mass is 35.5. The van der Waals surface area contributed by atoms with Gasteiger partial charge in [-0.05, 0) is 82.7 Å². The topological polar surface area (TPSA) is 92.8 Å². The lowest BCUT2D eigenvalue weighted by molar-refractivity contribution is -0.135. The van der Waals surface area contributed by atoms with Crippen LogP contribution in [0.5, 0.6) is 5.75 Å². The van der Waals surface area contributed by atoms with Gasteiger partial charge in [0.25, 0.3) is 11.8 Å². The van der Waals surface area contributed by atoms with Crippen molar-refractivity contribution in [3.63, 3.8) is 0 Å². The van der Waals surface area contributed by atoms with Gasteiger partial charge >= 0.3 is 0 Å². The number of carbonyl (C=O) groups excluding carboxylic acids is 2. The van der Waals surface area contributed by atoms with Crippen molar-refractivity contribution in [3.8, 4) is 5.75 Å². The van der Waals surface area contributed by atoms with Crippen LogP contribution in [-0.4, -0.2) is 59.8 Å². The number of nitrogens with one attached hydrogen (secondary N) is 2. The largest absolute Gasteiger partial charge is 0.476 e. The van der Waals surface area contributed by atoms with Crippen molar-refractivity contribution < 1.29 is 19.1 Å². The van der Waals surface area contributed by atoms with Crippen molar-refractivity contribution >= 4 is 40.8 Å².